The van der Waals surface area contributed by atoms with Crippen LogP contribution in [-0.4, -0.2) is 28.3 Å². The third-order valence-corrected chi connectivity index (χ3v) is 5.48. The number of aliphatic imine (C=N–C) groups is 1. The quantitative estimate of drug-likeness (QED) is 0.445. The molecule has 0 radical (unpaired) electrons. The summed E-state index contributed by atoms with van der Waals surface area (Å²) in [5, 5.41) is 10.6. The number of benzene rings is 2. The second-order valence-electron chi connectivity index (χ2n) is 7.77. The first-order chi connectivity index (χ1) is 15.3. The molecule has 7 nitrogen and oxygen atoms in total. The molecule has 1 aromatic heterocycles. The summed E-state index contributed by atoms with van der Waals surface area (Å²) in [6.07, 6.45) is 0. The fourth-order valence-corrected chi connectivity index (χ4v) is 3.31. The molecule has 32 heavy (non-hydrogen) atoms. The zero-order valence-corrected chi connectivity index (χ0v) is 19.6. The molecule has 2 aromatic carbocycles. The highest BCUT2D eigenvalue weighted by atomic mass is 16.5. The summed E-state index contributed by atoms with van der Waals surface area (Å²) in [4.78, 5) is 17.6. The van der Waals surface area contributed by atoms with Gasteiger partial charge in [-0.1, -0.05) is 6.07 Å². The standard InChI is InChI=1S/C25H31N5O2/c1-7-32-22-12-10-21(11-13-22)27-25(26-15-23-18(4)29-30(6)19(23)5)28-24(31)20-9-8-16(2)17(3)14-20/h8-14H,7,15H2,1-6H3,(H2,26,27,28,31). The van der Waals surface area contributed by atoms with Gasteiger partial charge in [0.2, 0.25) is 5.96 Å². The van der Waals surface area contributed by atoms with Gasteiger partial charge in [-0.25, -0.2) is 4.99 Å². The summed E-state index contributed by atoms with van der Waals surface area (Å²) < 4.78 is 7.35. The predicted molar refractivity (Wildman–Crippen MR) is 128 cm³/mol. The average Bonchev–Trinajstić information content (AvgIpc) is 3.00. The maximum Gasteiger partial charge on any atom is 0.257 e. The average molecular weight is 434 g/mol. The van der Waals surface area contributed by atoms with Crippen LogP contribution in [0.5, 0.6) is 5.75 Å². The van der Waals surface area contributed by atoms with Crippen LogP contribution in [0.2, 0.25) is 0 Å². The molecule has 0 aliphatic heterocycles. The number of amides is 1. The second-order valence-corrected chi connectivity index (χ2v) is 7.77. The largest absolute Gasteiger partial charge is 0.494 e. The predicted octanol–water partition coefficient (Wildman–Crippen LogP) is 4.45. The van der Waals surface area contributed by atoms with Crippen molar-refractivity contribution < 1.29 is 9.53 Å². The lowest BCUT2D eigenvalue weighted by Gasteiger charge is -2.13. The minimum atomic E-state index is -0.218. The number of rotatable bonds is 6. The van der Waals surface area contributed by atoms with Gasteiger partial charge >= 0.3 is 0 Å². The first-order valence-electron chi connectivity index (χ1n) is 10.7. The number of anilines is 1. The summed E-state index contributed by atoms with van der Waals surface area (Å²) in [5.74, 6) is 0.947. The van der Waals surface area contributed by atoms with Crippen LogP contribution in [0.25, 0.3) is 0 Å². The van der Waals surface area contributed by atoms with Crippen LogP contribution in [0.15, 0.2) is 47.5 Å². The van der Waals surface area contributed by atoms with Crippen molar-refractivity contribution in [3.05, 3.63) is 76.1 Å². The molecule has 3 rings (SSSR count). The molecule has 0 saturated carbocycles. The van der Waals surface area contributed by atoms with E-state index in [0.29, 0.717) is 24.7 Å². The number of guanidine groups is 1. The molecule has 7 heteroatoms. The number of carbonyl (C=O) groups excluding carboxylic acids is 1. The highest BCUT2D eigenvalue weighted by molar-refractivity contribution is 6.10. The Morgan fingerprint density at radius 2 is 1.78 bits per heavy atom. The Morgan fingerprint density at radius 1 is 1.06 bits per heavy atom. The molecular weight excluding hydrogens is 402 g/mol. The fourth-order valence-electron chi connectivity index (χ4n) is 3.31. The molecule has 0 spiro atoms. The van der Waals surface area contributed by atoms with Gasteiger partial charge in [0.25, 0.3) is 5.91 Å². The summed E-state index contributed by atoms with van der Waals surface area (Å²) in [5.41, 5.74) is 6.61. The molecule has 0 aliphatic carbocycles. The van der Waals surface area contributed by atoms with Crippen molar-refractivity contribution in [2.45, 2.75) is 41.2 Å². The van der Waals surface area contributed by atoms with Crippen molar-refractivity contribution in [3.63, 3.8) is 0 Å². The van der Waals surface area contributed by atoms with E-state index >= 15 is 0 Å². The Hall–Kier alpha value is -3.61. The van der Waals surface area contributed by atoms with Crippen molar-refractivity contribution in [1.29, 1.82) is 0 Å². The van der Waals surface area contributed by atoms with Gasteiger partial charge in [0.1, 0.15) is 5.75 Å². The molecule has 168 valence electrons. The molecule has 0 saturated heterocycles. The second kappa shape index (κ2) is 10.1. The summed E-state index contributed by atoms with van der Waals surface area (Å²) in [7, 11) is 1.91. The lowest BCUT2D eigenvalue weighted by molar-refractivity contribution is 0.0977. The van der Waals surface area contributed by atoms with E-state index in [1.807, 2.05) is 88.8 Å². The van der Waals surface area contributed by atoms with Crippen molar-refractivity contribution in [2.75, 3.05) is 11.9 Å². The van der Waals surface area contributed by atoms with Gasteiger partial charge in [-0.15, -0.1) is 0 Å². The lowest BCUT2D eigenvalue weighted by atomic mass is 10.1. The van der Waals surface area contributed by atoms with Gasteiger partial charge in [-0.2, -0.15) is 5.10 Å². The zero-order chi connectivity index (χ0) is 23.3. The van der Waals surface area contributed by atoms with E-state index in [-0.39, 0.29) is 5.91 Å². The molecule has 1 heterocycles. The molecule has 2 N–H and O–H groups in total. The van der Waals surface area contributed by atoms with Crippen LogP contribution in [0.3, 0.4) is 0 Å². The first-order valence-corrected chi connectivity index (χ1v) is 10.7. The number of carbonyl (C=O) groups is 1. The Kier molecular flexibility index (Phi) is 7.30. The molecule has 0 fully saturated rings. The maximum absolute atomic E-state index is 12.9. The minimum absolute atomic E-state index is 0.218. The summed E-state index contributed by atoms with van der Waals surface area (Å²) >= 11 is 0. The van der Waals surface area contributed by atoms with Crippen molar-refractivity contribution >= 4 is 17.6 Å². The van der Waals surface area contributed by atoms with Gasteiger partial charge in [0.05, 0.1) is 18.8 Å². The molecule has 1 amide bonds. The first kappa shape index (κ1) is 23.1. The lowest BCUT2D eigenvalue weighted by Crippen LogP contribution is -2.36. The number of nitrogens with zero attached hydrogens (tertiary/aromatic N) is 3. The van der Waals surface area contributed by atoms with E-state index < -0.39 is 0 Å². The molecule has 0 aliphatic rings. The van der Waals surface area contributed by atoms with Crippen LogP contribution in [0, 0.1) is 27.7 Å². The van der Waals surface area contributed by atoms with Crippen LogP contribution < -0.4 is 15.4 Å². The minimum Gasteiger partial charge on any atom is -0.494 e. The molecule has 0 bridgehead atoms. The van der Waals surface area contributed by atoms with E-state index in [1.165, 1.54) is 0 Å². The van der Waals surface area contributed by atoms with E-state index in [9.17, 15) is 4.79 Å². The highest BCUT2D eigenvalue weighted by Crippen LogP contribution is 2.17. The highest BCUT2D eigenvalue weighted by Gasteiger charge is 2.13. The monoisotopic (exact) mass is 433 g/mol. The molecule has 3 aromatic rings. The Labute approximate surface area is 189 Å². The van der Waals surface area contributed by atoms with Crippen LogP contribution in [0.4, 0.5) is 5.69 Å². The normalized spacial score (nSPS) is 11.4. The topological polar surface area (TPSA) is 80.5 Å². The smallest absolute Gasteiger partial charge is 0.257 e. The molecule has 0 atom stereocenters. The number of aromatic nitrogens is 2. The summed E-state index contributed by atoms with van der Waals surface area (Å²) in [6, 6.07) is 13.2. The van der Waals surface area contributed by atoms with Gasteiger partial charge in [-0.05, 0) is 82.1 Å². The van der Waals surface area contributed by atoms with Gasteiger partial charge in [0, 0.05) is 29.6 Å². The Balaban J connectivity index is 1.85. The number of hydrogen-bond acceptors (Lipinski definition) is 4. The fraction of sp³-hybridized carbons (Fsp3) is 0.320. The Morgan fingerprint density at radius 3 is 2.38 bits per heavy atom. The molecule has 0 unspecified atom stereocenters. The van der Waals surface area contributed by atoms with Crippen LogP contribution in [0.1, 0.15) is 45.4 Å². The number of aryl methyl sites for hydroxylation is 4. The van der Waals surface area contributed by atoms with E-state index in [4.69, 9.17) is 4.74 Å². The Bertz CT molecular complexity index is 1130. The SMILES string of the molecule is CCOc1ccc(NC(=NCc2c(C)nn(C)c2C)NC(=O)c2ccc(C)c(C)c2)cc1. The number of nitrogens with one attached hydrogen (secondary N) is 2. The van der Waals surface area contributed by atoms with E-state index in [2.05, 4.69) is 20.7 Å². The van der Waals surface area contributed by atoms with Crippen molar-refractivity contribution in [1.82, 2.24) is 15.1 Å². The van der Waals surface area contributed by atoms with Crippen molar-refractivity contribution in [3.8, 4) is 5.75 Å². The van der Waals surface area contributed by atoms with Crippen LogP contribution in [-0.2, 0) is 13.6 Å². The van der Waals surface area contributed by atoms with Crippen molar-refractivity contribution in [2.24, 2.45) is 12.0 Å². The number of hydrogen-bond donors (Lipinski definition) is 2. The third-order valence-electron chi connectivity index (χ3n) is 5.48. The number of ether oxygens (including phenoxy) is 1. The van der Waals surface area contributed by atoms with Gasteiger partial charge in [0.15, 0.2) is 0 Å². The molecular formula is C25H31N5O2. The van der Waals surface area contributed by atoms with Gasteiger partial charge < -0.3 is 10.1 Å². The summed E-state index contributed by atoms with van der Waals surface area (Å²) in [6.45, 7) is 10.9. The van der Waals surface area contributed by atoms with Gasteiger partial charge in [-0.3, -0.25) is 14.8 Å². The maximum atomic E-state index is 12.9. The third kappa shape index (κ3) is 5.55. The zero-order valence-electron chi connectivity index (χ0n) is 19.6. The van der Waals surface area contributed by atoms with Crippen LogP contribution >= 0.6 is 0 Å². The van der Waals surface area contributed by atoms with E-state index in [0.717, 1.165) is 39.5 Å². The van der Waals surface area contributed by atoms with E-state index in [1.54, 1.807) is 0 Å².